The summed E-state index contributed by atoms with van der Waals surface area (Å²) in [6.07, 6.45) is 15.3. The number of likely N-dealkylation sites (N-methyl/N-ethyl adjacent to an activating group) is 2. The van der Waals surface area contributed by atoms with E-state index in [4.69, 9.17) is 45.6 Å². The van der Waals surface area contributed by atoms with E-state index in [2.05, 4.69) is 66.7 Å². The first-order valence-corrected chi connectivity index (χ1v) is 27.2. The molecule has 0 aliphatic carbocycles. The van der Waals surface area contributed by atoms with E-state index < -0.39 is 35.1 Å². The molecule has 2 aliphatic heterocycles. The van der Waals surface area contributed by atoms with Gasteiger partial charge in [-0.15, -0.1) is 22.7 Å². The zero-order valence-corrected chi connectivity index (χ0v) is 42.1. The summed E-state index contributed by atoms with van der Waals surface area (Å²) in [6, 6.07) is 10.6. The number of thiazole rings is 2. The van der Waals surface area contributed by atoms with E-state index in [1.54, 1.807) is 68.7 Å². The maximum absolute atomic E-state index is 13.6. The number of likely N-dealkylation sites (tertiary alicyclic amines) is 2. The number of imidazole rings is 2. The second-order valence-corrected chi connectivity index (χ2v) is 22.4. The topological polar surface area (TPSA) is 196 Å². The molecule has 10 rings (SSSR count). The third-order valence-corrected chi connectivity index (χ3v) is 16.1. The zero-order chi connectivity index (χ0) is 48.1. The summed E-state index contributed by atoms with van der Waals surface area (Å²) in [7, 11) is -2.19. The number of rotatable bonds is 5. The SMILES string of the molecule is CN1CCCC(n2cc(S(=O)(=O)c3c(Cl)nc4sccn34)c3cccnc32)C1.CN1CCCC(n2ccc3cccnc32)C1.O=S(=O)(Cl)c1c(Cl)nc2sccn12.O=[S-](=O)C(F)(F)F.[O]=[Ag]. The van der Waals surface area contributed by atoms with Gasteiger partial charge in [0.05, 0.1) is 0 Å². The Balaban J connectivity index is 0.000000161. The van der Waals surface area contributed by atoms with E-state index in [0.29, 0.717) is 27.0 Å². The molecule has 0 saturated carbocycles. The van der Waals surface area contributed by atoms with Gasteiger partial charge in [-0.3, -0.25) is 8.80 Å². The summed E-state index contributed by atoms with van der Waals surface area (Å²) >= 11 is 16.2. The number of piperidine rings is 2. The van der Waals surface area contributed by atoms with Crippen LogP contribution in [0.25, 0.3) is 32.0 Å². The third-order valence-electron chi connectivity index (χ3n) is 10.3. The van der Waals surface area contributed by atoms with Gasteiger partial charge in [0, 0.05) is 105 Å². The molecule has 29 heteroatoms. The summed E-state index contributed by atoms with van der Waals surface area (Å²) in [4.78, 5) is 22.9. The van der Waals surface area contributed by atoms with E-state index >= 15 is 0 Å². The van der Waals surface area contributed by atoms with Crippen molar-refractivity contribution in [1.29, 1.82) is 0 Å². The van der Waals surface area contributed by atoms with E-state index in [1.807, 2.05) is 16.8 Å². The average molecular weight is 1170 g/mol. The molecule has 2 fully saturated rings. The van der Waals surface area contributed by atoms with Crippen LogP contribution < -0.4 is 0 Å². The number of aromatic nitrogens is 8. The minimum atomic E-state index is -5.08. The van der Waals surface area contributed by atoms with Crippen molar-refractivity contribution in [2.24, 2.45) is 0 Å². The van der Waals surface area contributed by atoms with Crippen molar-refractivity contribution in [3.05, 3.63) is 88.6 Å². The van der Waals surface area contributed by atoms with Crippen LogP contribution in [-0.4, -0.2) is 110 Å². The first-order valence-electron chi connectivity index (χ1n) is 19.2. The zero-order valence-electron chi connectivity index (χ0n) is 34.3. The number of nitrogens with zero attached hydrogens (tertiary/aromatic N) is 10. The van der Waals surface area contributed by atoms with Gasteiger partial charge in [-0.2, -0.15) is 13.2 Å². The molecule has 0 radical (unpaired) electrons. The van der Waals surface area contributed by atoms with Gasteiger partial charge in [0.2, 0.25) is 9.84 Å². The number of hydrogen-bond acceptors (Lipinski definition) is 16. The monoisotopic (exact) mass is 1160 g/mol. The van der Waals surface area contributed by atoms with Gasteiger partial charge in [-0.05, 0) is 83.2 Å². The van der Waals surface area contributed by atoms with Crippen LogP contribution in [0.15, 0.2) is 93.2 Å². The van der Waals surface area contributed by atoms with Crippen LogP contribution in [0.4, 0.5) is 13.2 Å². The van der Waals surface area contributed by atoms with Gasteiger partial charge in [0.25, 0.3) is 9.05 Å². The van der Waals surface area contributed by atoms with Crippen LogP contribution in [0.3, 0.4) is 0 Å². The molecule has 2 aliphatic rings. The molecule has 66 heavy (non-hydrogen) atoms. The molecule has 0 aromatic carbocycles. The van der Waals surface area contributed by atoms with Crippen LogP contribution >= 0.6 is 56.6 Å². The Hall–Kier alpha value is -3.31. The standard InChI is InChI=1S/C18H18ClN5O2S2.C13H17N3.C5H2Cl2N2O2S2.CF3O2S.Ag.O/c1-22-7-3-4-12(10-22)24-11-14(13-5-2-6-20-16(13)24)28(25,26)17-15(19)21-18-23(17)8-9-27-18;1-15-8-3-5-12(10-15)16-9-6-11-4-2-7-14-13(11)16;6-3-4(13(7,10)11)9-1-2-12-5(9)8-3;2-1(3,4)7(5)6;;/h2,5-6,8-9,11-12H,3-4,7,10H2,1H3;2,4,6-7,9,12H,3,5,8,10H2,1H3;1-2H;;;/q;;;-1;;. The number of halogens is 6. The fraction of sp³-hybridized carbons (Fsp3) is 0.351. The second kappa shape index (κ2) is 22.0. The quantitative estimate of drug-likeness (QED) is 0.0905. The first-order chi connectivity index (χ1) is 31.3. The van der Waals surface area contributed by atoms with Crippen LogP contribution in [0, 0.1) is 0 Å². The van der Waals surface area contributed by atoms with Crippen molar-refractivity contribution in [3.63, 3.8) is 0 Å². The molecule has 0 spiro atoms. The van der Waals surface area contributed by atoms with Crippen molar-refractivity contribution in [1.82, 2.24) is 47.7 Å². The van der Waals surface area contributed by atoms with Crippen LogP contribution in [-0.2, 0) is 62.3 Å². The molecule has 17 nitrogen and oxygen atoms in total. The fourth-order valence-corrected chi connectivity index (χ4v) is 13.0. The van der Waals surface area contributed by atoms with E-state index in [-0.39, 0.29) is 31.3 Å². The molecular formula is C37H37AgCl3F3N10O7S5-. The van der Waals surface area contributed by atoms with Crippen LogP contribution in [0.5, 0.6) is 0 Å². The number of fused-ring (bicyclic) bond motifs is 4. The molecular weight excluding hydrogens is 1130 g/mol. The molecule has 2 atom stereocenters. The van der Waals surface area contributed by atoms with Gasteiger partial charge >= 0.3 is 29.8 Å². The van der Waals surface area contributed by atoms with Crippen molar-refractivity contribution in [2.45, 2.75) is 58.2 Å². The van der Waals surface area contributed by atoms with Crippen molar-refractivity contribution in [3.8, 4) is 0 Å². The number of hydrogen-bond donors (Lipinski definition) is 0. The predicted molar refractivity (Wildman–Crippen MR) is 241 cm³/mol. The molecule has 361 valence electrons. The molecule has 2 unspecified atom stereocenters. The Bertz CT molecular complexity index is 3260. The summed E-state index contributed by atoms with van der Waals surface area (Å²) in [5.41, 5.74) is -3.27. The van der Waals surface area contributed by atoms with E-state index in [1.165, 1.54) is 56.2 Å². The van der Waals surface area contributed by atoms with Gasteiger partial charge in [0.15, 0.2) is 30.3 Å². The summed E-state index contributed by atoms with van der Waals surface area (Å²) < 4.78 is 114. The molecule has 0 N–H and O–H groups in total. The maximum atomic E-state index is 13.6. The molecule has 8 aromatic rings. The van der Waals surface area contributed by atoms with Crippen LogP contribution in [0.1, 0.15) is 37.8 Å². The summed E-state index contributed by atoms with van der Waals surface area (Å²) in [5, 5.41) is 5.08. The molecule has 8 aromatic heterocycles. The van der Waals surface area contributed by atoms with Gasteiger partial charge in [-0.1, -0.05) is 23.2 Å². The Morgan fingerprint density at radius 1 is 0.758 bits per heavy atom. The van der Waals surface area contributed by atoms with E-state index in [9.17, 15) is 30.0 Å². The van der Waals surface area contributed by atoms with Gasteiger partial charge in [-0.25, -0.2) is 36.8 Å². The summed E-state index contributed by atoms with van der Waals surface area (Å²) in [5.74, 6) is 0. The fourth-order valence-electron chi connectivity index (χ4n) is 7.60. The van der Waals surface area contributed by atoms with E-state index in [0.717, 1.165) is 38.1 Å². The van der Waals surface area contributed by atoms with Crippen molar-refractivity contribution >= 4 is 118 Å². The first kappa shape index (κ1) is 52.1. The third kappa shape index (κ3) is 11.7. The number of sulfone groups is 1. The Morgan fingerprint density at radius 2 is 1.26 bits per heavy atom. The normalized spacial score (nSPS) is 17.4. The number of alkyl halides is 3. The number of pyridine rings is 2. The Kier molecular flexibility index (Phi) is 17.3. The van der Waals surface area contributed by atoms with Crippen LogP contribution in [0.2, 0.25) is 10.3 Å². The molecule has 10 heterocycles. The van der Waals surface area contributed by atoms with Gasteiger partial charge < -0.3 is 27.4 Å². The van der Waals surface area contributed by atoms with Gasteiger partial charge in [0.1, 0.15) is 16.2 Å². The Labute approximate surface area is 412 Å². The van der Waals surface area contributed by atoms with Crippen molar-refractivity contribution in [2.75, 3.05) is 40.3 Å². The second-order valence-electron chi connectivity index (χ2n) is 14.7. The Morgan fingerprint density at radius 3 is 1.79 bits per heavy atom. The molecule has 2 saturated heterocycles. The minimum absolute atomic E-state index is 0.00552. The summed E-state index contributed by atoms with van der Waals surface area (Å²) in [6.45, 7) is 4.28. The predicted octanol–water partition coefficient (Wildman–Crippen LogP) is 8.47. The molecule has 0 amide bonds. The van der Waals surface area contributed by atoms with Crippen molar-refractivity contribution < 1.29 is 62.7 Å². The molecule has 0 bridgehead atoms. The average Bonchev–Trinajstić information content (AvgIpc) is 4.12.